The Labute approximate surface area is 92.5 Å². The topological polar surface area (TPSA) is 30.5 Å². The van der Waals surface area contributed by atoms with Crippen LogP contribution in [-0.2, 0) is 9.47 Å². The first-order valence-corrected chi connectivity index (χ1v) is 6.38. The minimum Gasteiger partial charge on any atom is -0.355 e. The Bertz CT molecular complexity index is 161. The summed E-state index contributed by atoms with van der Waals surface area (Å²) in [7, 11) is 0. The monoisotopic (exact) mass is 213 g/mol. The summed E-state index contributed by atoms with van der Waals surface area (Å²) in [5, 5.41) is 3.65. The lowest BCUT2D eigenvalue weighted by Gasteiger charge is -2.25. The van der Waals surface area contributed by atoms with Crippen LogP contribution in [0, 0.1) is 0 Å². The lowest BCUT2D eigenvalue weighted by Crippen LogP contribution is -2.39. The van der Waals surface area contributed by atoms with Gasteiger partial charge in [-0.2, -0.15) is 0 Å². The van der Waals surface area contributed by atoms with Crippen LogP contribution in [0.25, 0.3) is 0 Å². The lowest BCUT2D eigenvalue weighted by atomic mass is 10.1. The van der Waals surface area contributed by atoms with E-state index in [1.807, 2.05) is 0 Å². The summed E-state index contributed by atoms with van der Waals surface area (Å²) in [6.45, 7) is 2.35. The SMILES string of the molecule is C1CCCC(NCC2CCOCO2)CC1. The van der Waals surface area contributed by atoms with Crippen LogP contribution < -0.4 is 5.32 Å². The van der Waals surface area contributed by atoms with E-state index >= 15 is 0 Å². The highest BCUT2D eigenvalue weighted by Gasteiger charge is 2.17. The molecule has 1 saturated carbocycles. The molecule has 1 heterocycles. The second kappa shape index (κ2) is 6.46. The molecule has 1 atom stereocenters. The second-order valence-corrected chi connectivity index (χ2v) is 4.70. The van der Waals surface area contributed by atoms with Crippen molar-refractivity contribution in [2.75, 3.05) is 19.9 Å². The van der Waals surface area contributed by atoms with Gasteiger partial charge >= 0.3 is 0 Å². The van der Waals surface area contributed by atoms with Gasteiger partial charge in [-0.25, -0.2) is 0 Å². The van der Waals surface area contributed by atoms with E-state index in [1.165, 1.54) is 38.5 Å². The molecule has 15 heavy (non-hydrogen) atoms. The molecule has 1 unspecified atom stereocenters. The first-order chi connectivity index (χ1) is 7.45. The highest BCUT2D eigenvalue weighted by molar-refractivity contribution is 4.73. The van der Waals surface area contributed by atoms with Gasteiger partial charge in [0.2, 0.25) is 0 Å². The van der Waals surface area contributed by atoms with Gasteiger partial charge in [-0.3, -0.25) is 0 Å². The largest absolute Gasteiger partial charge is 0.355 e. The molecule has 88 valence electrons. The van der Waals surface area contributed by atoms with Crippen LogP contribution in [0.15, 0.2) is 0 Å². The Morgan fingerprint density at radius 3 is 2.47 bits per heavy atom. The molecule has 2 fully saturated rings. The van der Waals surface area contributed by atoms with Crippen LogP contribution in [-0.4, -0.2) is 32.1 Å². The summed E-state index contributed by atoms with van der Waals surface area (Å²) >= 11 is 0. The number of nitrogens with one attached hydrogen (secondary N) is 1. The predicted octanol–water partition coefficient (Wildman–Crippen LogP) is 2.06. The standard InChI is InChI=1S/C12H23NO2/c1-2-4-6-11(5-3-1)13-9-12-7-8-14-10-15-12/h11-13H,1-10H2. The van der Waals surface area contributed by atoms with Crippen molar-refractivity contribution in [1.82, 2.24) is 5.32 Å². The molecule has 1 aliphatic carbocycles. The van der Waals surface area contributed by atoms with Crippen molar-refractivity contribution in [3.63, 3.8) is 0 Å². The highest BCUT2D eigenvalue weighted by Crippen LogP contribution is 2.17. The maximum atomic E-state index is 5.52. The molecular weight excluding hydrogens is 190 g/mol. The Morgan fingerprint density at radius 1 is 1.00 bits per heavy atom. The first kappa shape index (κ1) is 11.4. The van der Waals surface area contributed by atoms with Gasteiger partial charge in [0.25, 0.3) is 0 Å². The molecule has 0 bridgehead atoms. The van der Waals surface area contributed by atoms with E-state index in [9.17, 15) is 0 Å². The van der Waals surface area contributed by atoms with Gasteiger partial charge < -0.3 is 14.8 Å². The molecule has 2 aliphatic rings. The Hall–Kier alpha value is -0.120. The van der Waals surface area contributed by atoms with Crippen LogP contribution >= 0.6 is 0 Å². The molecule has 0 spiro atoms. The van der Waals surface area contributed by atoms with Gasteiger partial charge in [0, 0.05) is 12.6 Å². The van der Waals surface area contributed by atoms with Crippen molar-refractivity contribution in [2.24, 2.45) is 0 Å². The number of rotatable bonds is 3. The van der Waals surface area contributed by atoms with Gasteiger partial charge in [-0.1, -0.05) is 25.7 Å². The van der Waals surface area contributed by atoms with Crippen LogP contribution in [0.2, 0.25) is 0 Å². The van der Waals surface area contributed by atoms with Crippen molar-refractivity contribution >= 4 is 0 Å². The summed E-state index contributed by atoms with van der Waals surface area (Å²) in [6.07, 6.45) is 9.75. The average Bonchev–Trinajstić information content (AvgIpc) is 2.56. The molecular formula is C12H23NO2. The van der Waals surface area contributed by atoms with E-state index in [4.69, 9.17) is 9.47 Å². The van der Waals surface area contributed by atoms with E-state index in [-0.39, 0.29) is 0 Å². The molecule has 1 aliphatic heterocycles. The Balaban J connectivity index is 1.62. The van der Waals surface area contributed by atoms with Gasteiger partial charge in [-0.15, -0.1) is 0 Å². The fourth-order valence-electron chi connectivity index (χ4n) is 2.44. The molecule has 1 N–H and O–H groups in total. The summed E-state index contributed by atoms with van der Waals surface area (Å²) in [4.78, 5) is 0. The summed E-state index contributed by atoms with van der Waals surface area (Å²) < 4.78 is 10.7. The smallest absolute Gasteiger partial charge is 0.147 e. The molecule has 0 radical (unpaired) electrons. The second-order valence-electron chi connectivity index (χ2n) is 4.70. The third-order valence-electron chi connectivity index (χ3n) is 3.46. The maximum absolute atomic E-state index is 5.52. The summed E-state index contributed by atoms with van der Waals surface area (Å²) in [5.74, 6) is 0. The van der Waals surface area contributed by atoms with Crippen molar-refractivity contribution in [3.05, 3.63) is 0 Å². The minimum absolute atomic E-state index is 0.377. The fraction of sp³-hybridized carbons (Fsp3) is 1.00. The zero-order valence-electron chi connectivity index (χ0n) is 9.54. The zero-order chi connectivity index (χ0) is 10.3. The zero-order valence-corrected chi connectivity index (χ0v) is 9.54. The van der Waals surface area contributed by atoms with Crippen LogP contribution in [0.1, 0.15) is 44.9 Å². The normalized spacial score (nSPS) is 30.0. The first-order valence-electron chi connectivity index (χ1n) is 6.38. The van der Waals surface area contributed by atoms with Crippen molar-refractivity contribution < 1.29 is 9.47 Å². The van der Waals surface area contributed by atoms with Crippen molar-refractivity contribution in [1.29, 1.82) is 0 Å². The van der Waals surface area contributed by atoms with Crippen LogP contribution in [0.3, 0.4) is 0 Å². The molecule has 2 rings (SSSR count). The molecule has 0 amide bonds. The average molecular weight is 213 g/mol. The van der Waals surface area contributed by atoms with Crippen molar-refractivity contribution in [2.45, 2.75) is 57.1 Å². The third kappa shape index (κ3) is 4.09. The third-order valence-corrected chi connectivity index (χ3v) is 3.46. The van der Waals surface area contributed by atoms with Gasteiger partial charge in [0.15, 0.2) is 0 Å². The van der Waals surface area contributed by atoms with Gasteiger partial charge in [0.1, 0.15) is 6.79 Å². The lowest BCUT2D eigenvalue weighted by molar-refractivity contribution is -0.137. The van der Waals surface area contributed by atoms with E-state index in [0.717, 1.165) is 25.6 Å². The fourth-order valence-corrected chi connectivity index (χ4v) is 2.44. The number of hydrogen-bond donors (Lipinski definition) is 1. The van der Waals surface area contributed by atoms with E-state index in [2.05, 4.69) is 5.32 Å². The van der Waals surface area contributed by atoms with Crippen molar-refractivity contribution in [3.8, 4) is 0 Å². The van der Waals surface area contributed by atoms with E-state index in [1.54, 1.807) is 0 Å². The molecule has 0 aromatic heterocycles. The van der Waals surface area contributed by atoms with Gasteiger partial charge in [0.05, 0.1) is 12.7 Å². The molecule has 0 aromatic carbocycles. The van der Waals surface area contributed by atoms with E-state index in [0.29, 0.717) is 12.9 Å². The van der Waals surface area contributed by atoms with Crippen LogP contribution in [0.4, 0.5) is 0 Å². The maximum Gasteiger partial charge on any atom is 0.147 e. The predicted molar refractivity (Wildman–Crippen MR) is 59.8 cm³/mol. The van der Waals surface area contributed by atoms with E-state index < -0.39 is 0 Å². The number of hydrogen-bond acceptors (Lipinski definition) is 3. The van der Waals surface area contributed by atoms with Gasteiger partial charge in [-0.05, 0) is 19.3 Å². The quantitative estimate of drug-likeness (QED) is 0.728. The Kier molecular flexibility index (Phi) is 4.90. The molecule has 3 nitrogen and oxygen atoms in total. The number of ether oxygens (including phenoxy) is 2. The highest BCUT2D eigenvalue weighted by atomic mass is 16.7. The molecule has 1 saturated heterocycles. The summed E-state index contributed by atoms with van der Waals surface area (Å²) in [5.41, 5.74) is 0. The summed E-state index contributed by atoms with van der Waals surface area (Å²) in [6, 6.07) is 0.735. The molecule has 0 aromatic rings. The Morgan fingerprint density at radius 2 is 1.80 bits per heavy atom. The molecule has 3 heteroatoms. The minimum atomic E-state index is 0.377. The van der Waals surface area contributed by atoms with Crippen LogP contribution in [0.5, 0.6) is 0 Å².